The van der Waals surface area contributed by atoms with E-state index < -0.39 is 10.8 Å². The molecule has 9 heteroatoms. The van der Waals surface area contributed by atoms with Crippen molar-refractivity contribution in [2.45, 2.75) is 31.1 Å². The first-order valence-corrected chi connectivity index (χ1v) is 11.3. The highest BCUT2D eigenvalue weighted by Gasteiger charge is 2.46. The maximum absolute atomic E-state index is 13.2. The molecule has 2 saturated heterocycles. The van der Waals surface area contributed by atoms with Gasteiger partial charge in [0, 0.05) is 41.5 Å². The second kappa shape index (κ2) is 9.75. The van der Waals surface area contributed by atoms with E-state index in [2.05, 4.69) is 10.2 Å². The van der Waals surface area contributed by atoms with E-state index in [1.165, 1.54) is 11.8 Å². The first kappa shape index (κ1) is 22.5. The van der Waals surface area contributed by atoms with Gasteiger partial charge in [-0.3, -0.25) is 19.4 Å². The molecule has 0 aromatic heterocycles. The van der Waals surface area contributed by atoms with Crippen LogP contribution in [0.5, 0.6) is 0 Å². The van der Waals surface area contributed by atoms with Gasteiger partial charge in [-0.05, 0) is 44.5 Å². The lowest BCUT2D eigenvalue weighted by molar-refractivity contribution is -0.130. The van der Waals surface area contributed by atoms with Crippen molar-refractivity contribution in [1.82, 2.24) is 15.1 Å². The van der Waals surface area contributed by atoms with Gasteiger partial charge in [0.15, 0.2) is 0 Å². The first-order chi connectivity index (χ1) is 13.8. The lowest BCUT2D eigenvalue weighted by Crippen LogP contribution is -2.62. The van der Waals surface area contributed by atoms with Gasteiger partial charge in [-0.15, -0.1) is 0 Å². The third-order valence-corrected chi connectivity index (χ3v) is 7.00. The Morgan fingerprint density at radius 2 is 1.93 bits per heavy atom. The lowest BCUT2D eigenvalue weighted by Gasteiger charge is -2.42. The number of hydrogen-bond acceptors (Lipinski definition) is 6. The summed E-state index contributed by atoms with van der Waals surface area (Å²) in [5.41, 5.74) is 0.468. The number of thioether (sulfide) groups is 1. The molecule has 1 unspecified atom stereocenters. The van der Waals surface area contributed by atoms with Crippen molar-refractivity contribution in [1.29, 1.82) is 0 Å². The summed E-state index contributed by atoms with van der Waals surface area (Å²) in [4.78, 5) is 29.9. The zero-order valence-corrected chi connectivity index (χ0v) is 19.0. The van der Waals surface area contributed by atoms with Gasteiger partial charge in [0.2, 0.25) is 0 Å². The molecule has 0 bridgehead atoms. The molecule has 29 heavy (non-hydrogen) atoms. The Morgan fingerprint density at radius 1 is 1.28 bits per heavy atom. The predicted molar refractivity (Wildman–Crippen MR) is 121 cm³/mol. The van der Waals surface area contributed by atoms with Crippen LogP contribution < -0.4 is 5.32 Å². The Balaban J connectivity index is 1.63. The molecule has 6 nitrogen and oxygen atoms in total. The van der Waals surface area contributed by atoms with Gasteiger partial charge in [-0.2, -0.15) is 0 Å². The molecule has 158 valence electrons. The molecule has 3 rings (SSSR count). The van der Waals surface area contributed by atoms with E-state index in [1.54, 1.807) is 29.2 Å². The Morgan fingerprint density at radius 3 is 2.59 bits per heavy atom. The van der Waals surface area contributed by atoms with Crippen LogP contribution in [0, 0.1) is 0 Å². The Kier molecular flexibility index (Phi) is 7.56. The molecule has 0 radical (unpaired) electrons. The van der Waals surface area contributed by atoms with Gasteiger partial charge >= 0.3 is 0 Å². The monoisotopic (exact) mass is 455 g/mol. The maximum atomic E-state index is 13.2. The minimum absolute atomic E-state index is 0.150. The van der Waals surface area contributed by atoms with E-state index in [-0.39, 0.29) is 11.8 Å². The predicted octanol–water partition coefficient (Wildman–Crippen LogP) is 2.80. The summed E-state index contributed by atoms with van der Waals surface area (Å²) in [5, 5.41) is 3.46. The highest BCUT2D eigenvalue weighted by Crippen LogP contribution is 2.36. The second-order valence-corrected chi connectivity index (χ2v) is 10.4. The zero-order chi connectivity index (χ0) is 21.0. The molecule has 0 saturated carbocycles. The van der Waals surface area contributed by atoms with Gasteiger partial charge in [0.1, 0.15) is 10.4 Å². The van der Waals surface area contributed by atoms with Crippen LogP contribution in [-0.2, 0) is 9.53 Å². The number of thiocarbonyl (C=S) groups is 1. The smallest absolute Gasteiger partial charge is 0.252 e. The molecule has 2 aliphatic heterocycles. The fourth-order valence-corrected chi connectivity index (χ4v) is 5.38. The quantitative estimate of drug-likeness (QED) is 0.665. The molecule has 1 atom stereocenters. The van der Waals surface area contributed by atoms with E-state index in [4.69, 9.17) is 28.6 Å². The average molecular weight is 456 g/mol. The molecular formula is C20H26ClN3O3S2. The van der Waals surface area contributed by atoms with Gasteiger partial charge in [0.25, 0.3) is 11.8 Å². The van der Waals surface area contributed by atoms with Crippen LogP contribution in [0.1, 0.15) is 30.6 Å². The Hall–Kier alpha value is -1.19. The van der Waals surface area contributed by atoms with Crippen molar-refractivity contribution < 1.29 is 14.3 Å². The summed E-state index contributed by atoms with van der Waals surface area (Å²) in [6.07, 6.45) is 0.824. The third kappa shape index (κ3) is 5.70. The fraction of sp³-hybridized carbons (Fsp3) is 0.550. The van der Waals surface area contributed by atoms with Gasteiger partial charge in [-0.1, -0.05) is 35.6 Å². The van der Waals surface area contributed by atoms with Crippen molar-refractivity contribution in [2.24, 2.45) is 0 Å². The number of halogens is 1. The molecule has 1 N–H and O–H groups in total. The number of carbonyl (C=O) groups is 2. The highest BCUT2D eigenvalue weighted by molar-refractivity contribution is 8.24. The topological polar surface area (TPSA) is 61.9 Å². The molecule has 1 aromatic carbocycles. The van der Waals surface area contributed by atoms with E-state index in [9.17, 15) is 9.59 Å². The fourth-order valence-electron chi connectivity index (χ4n) is 3.41. The number of benzene rings is 1. The zero-order valence-electron chi connectivity index (χ0n) is 16.7. The van der Waals surface area contributed by atoms with Crippen LogP contribution in [-0.4, -0.2) is 76.1 Å². The van der Waals surface area contributed by atoms with Crippen molar-refractivity contribution >= 4 is 51.7 Å². The number of nitrogens with one attached hydrogen (secondary N) is 1. The van der Waals surface area contributed by atoms with Crippen molar-refractivity contribution in [3.63, 3.8) is 0 Å². The van der Waals surface area contributed by atoms with Crippen LogP contribution in [0.25, 0.3) is 0 Å². The van der Waals surface area contributed by atoms with Gasteiger partial charge in [0.05, 0.1) is 13.2 Å². The molecule has 2 amide bonds. The minimum atomic E-state index is -0.661. The SMILES string of the molecule is CC1(C)SC(=S)N(CCCN2CCOCC2)C(=O)C1NC(=O)c1ccc(Cl)cc1. The van der Waals surface area contributed by atoms with Crippen molar-refractivity contribution in [2.75, 3.05) is 39.4 Å². The van der Waals surface area contributed by atoms with Gasteiger partial charge in [-0.25, -0.2) is 0 Å². The Bertz CT molecular complexity index is 767. The van der Waals surface area contributed by atoms with E-state index >= 15 is 0 Å². The van der Waals surface area contributed by atoms with Crippen molar-refractivity contribution in [3.8, 4) is 0 Å². The summed E-state index contributed by atoms with van der Waals surface area (Å²) in [6.45, 7) is 8.64. The standard InChI is InChI=1S/C20H26ClN3O3S2/c1-20(2)16(22-17(25)14-4-6-15(21)7-5-14)18(26)24(19(28)29-20)9-3-8-23-10-12-27-13-11-23/h4-7,16H,3,8-13H2,1-2H3,(H,22,25). The number of nitrogens with zero attached hydrogens (tertiary/aromatic N) is 2. The normalized spacial score (nSPS) is 22.6. The van der Waals surface area contributed by atoms with Crippen LogP contribution >= 0.6 is 35.6 Å². The first-order valence-electron chi connectivity index (χ1n) is 9.69. The van der Waals surface area contributed by atoms with Crippen molar-refractivity contribution in [3.05, 3.63) is 34.9 Å². The summed E-state index contributed by atoms with van der Waals surface area (Å²) in [7, 11) is 0. The molecule has 2 fully saturated rings. The number of rotatable bonds is 6. The van der Waals surface area contributed by atoms with Crippen LogP contribution in [0.2, 0.25) is 5.02 Å². The molecule has 0 aliphatic carbocycles. The maximum Gasteiger partial charge on any atom is 0.252 e. The molecule has 1 aromatic rings. The number of hydrogen-bond donors (Lipinski definition) is 1. The average Bonchev–Trinajstić information content (AvgIpc) is 2.68. The van der Waals surface area contributed by atoms with Crippen LogP contribution in [0.15, 0.2) is 24.3 Å². The largest absolute Gasteiger partial charge is 0.379 e. The van der Waals surface area contributed by atoms with E-state index in [1.807, 2.05) is 13.8 Å². The summed E-state index contributed by atoms with van der Waals surface area (Å²) in [6, 6.07) is 5.95. The van der Waals surface area contributed by atoms with Gasteiger partial charge < -0.3 is 10.1 Å². The lowest BCUT2D eigenvalue weighted by atomic mass is 10.0. The Labute approximate surface area is 186 Å². The highest BCUT2D eigenvalue weighted by atomic mass is 35.5. The number of morpholine rings is 1. The number of amides is 2. The minimum Gasteiger partial charge on any atom is -0.379 e. The third-order valence-electron chi connectivity index (χ3n) is 5.12. The summed E-state index contributed by atoms with van der Waals surface area (Å²) in [5.74, 6) is -0.446. The molecule has 2 heterocycles. The van der Waals surface area contributed by atoms with Crippen LogP contribution in [0.3, 0.4) is 0 Å². The summed E-state index contributed by atoms with van der Waals surface area (Å²) < 4.78 is 5.41. The molecule has 0 spiro atoms. The summed E-state index contributed by atoms with van der Waals surface area (Å²) >= 11 is 12.9. The number of carbonyl (C=O) groups excluding carboxylic acids is 2. The van der Waals surface area contributed by atoms with Crippen LogP contribution in [0.4, 0.5) is 0 Å². The molecule has 2 aliphatic rings. The molecular weight excluding hydrogens is 430 g/mol. The number of ether oxygens (including phenoxy) is 1. The second-order valence-electron chi connectivity index (χ2n) is 7.68. The van der Waals surface area contributed by atoms with E-state index in [0.717, 1.165) is 39.3 Å². The van der Waals surface area contributed by atoms with E-state index in [0.29, 0.717) is 21.5 Å².